The van der Waals surface area contributed by atoms with Crippen molar-refractivity contribution in [2.75, 3.05) is 11.9 Å². The Morgan fingerprint density at radius 3 is 2.62 bits per heavy atom. The molecule has 1 aromatic rings. The third kappa shape index (κ3) is 3.93. The highest BCUT2D eigenvalue weighted by Crippen LogP contribution is 2.22. The predicted molar refractivity (Wildman–Crippen MR) is 78.9 cm³/mol. The molecule has 0 radical (unpaired) electrons. The summed E-state index contributed by atoms with van der Waals surface area (Å²) in [7, 11) is 0. The number of pyridine rings is 1. The van der Waals surface area contributed by atoms with Crippen molar-refractivity contribution in [3.05, 3.63) is 23.9 Å². The summed E-state index contributed by atoms with van der Waals surface area (Å²) in [6.45, 7) is 7.80. The maximum atomic E-state index is 12.2. The van der Waals surface area contributed by atoms with Gasteiger partial charge in [0.15, 0.2) is 0 Å². The number of carbonyl (C=O) groups is 2. The summed E-state index contributed by atoms with van der Waals surface area (Å²) in [5.41, 5.74) is 0.261. The highest BCUT2D eigenvalue weighted by Gasteiger charge is 2.39. The molecule has 6 nitrogen and oxygen atoms in total. The minimum atomic E-state index is -0.564. The molecule has 114 valence electrons. The lowest BCUT2D eigenvalue weighted by Gasteiger charge is -2.40. The van der Waals surface area contributed by atoms with Crippen molar-refractivity contribution in [2.45, 2.75) is 45.8 Å². The van der Waals surface area contributed by atoms with E-state index in [-0.39, 0.29) is 5.91 Å². The number of likely N-dealkylation sites (tertiary alicyclic amines) is 1. The van der Waals surface area contributed by atoms with Crippen LogP contribution in [0.3, 0.4) is 0 Å². The van der Waals surface area contributed by atoms with Gasteiger partial charge in [0.2, 0.25) is 5.91 Å². The molecule has 6 heteroatoms. The summed E-state index contributed by atoms with van der Waals surface area (Å²) in [6, 6.07) is 4.92. The number of hydrogen-bond donors (Lipinski definition) is 1. The Balaban J connectivity index is 1.96. The Bertz CT molecular complexity index is 551. The van der Waals surface area contributed by atoms with Crippen LogP contribution in [0.15, 0.2) is 18.2 Å². The molecule has 1 saturated heterocycles. The quantitative estimate of drug-likeness (QED) is 0.907. The van der Waals surface area contributed by atoms with E-state index in [9.17, 15) is 9.59 Å². The molecule has 1 aromatic heterocycles. The second-order valence-electron chi connectivity index (χ2n) is 6.13. The Morgan fingerprint density at radius 2 is 2.10 bits per heavy atom. The van der Waals surface area contributed by atoms with Crippen LogP contribution >= 0.6 is 0 Å². The molecule has 1 aliphatic rings. The van der Waals surface area contributed by atoms with Gasteiger partial charge in [-0.05, 0) is 46.2 Å². The minimum Gasteiger partial charge on any atom is -0.444 e. The summed E-state index contributed by atoms with van der Waals surface area (Å²) < 4.78 is 5.28. The van der Waals surface area contributed by atoms with Gasteiger partial charge in [0.25, 0.3) is 0 Å². The first kappa shape index (κ1) is 15.3. The topological polar surface area (TPSA) is 71.5 Å². The van der Waals surface area contributed by atoms with E-state index in [2.05, 4.69) is 10.3 Å². The number of aryl methyl sites for hydroxylation is 1. The number of nitrogens with zero attached hydrogens (tertiary/aromatic N) is 2. The molecule has 0 bridgehead atoms. The number of ether oxygens (including phenoxy) is 1. The number of anilines is 1. The SMILES string of the molecule is Cc1cccc(NC(=O)[C@H]2CCN2C(=O)OC(C)(C)C)n1. The van der Waals surface area contributed by atoms with Crippen molar-refractivity contribution in [2.24, 2.45) is 0 Å². The van der Waals surface area contributed by atoms with E-state index >= 15 is 0 Å². The third-order valence-electron chi connectivity index (χ3n) is 3.09. The van der Waals surface area contributed by atoms with Gasteiger partial charge in [0.1, 0.15) is 17.5 Å². The second kappa shape index (κ2) is 5.71. The molecule has 1 atom stereocenters. The summed E-state index contributed by atoms with van der Waals surface area (Å²) >= 11 is 0. The standard InChI is InChI=1S/C15H21N3O3/c1-10-6-5-7-12(16-10)17-13(19)11-8-9-18(11)14(20)21-15(2,3)4/h5-7,11H,8-9H2,1-4H3,(H,16,17,19)/t11-/m1/s1. The summed E-state index contributed by atoms with van der Waals surface area (Å²) in [4.78, 5) is 29.8. The molecule has 1 N–H and O–H groups in total. The fraction of sp³-hybridized carbons (Fsp3) is 0.533. The Hall–Kier alpha value is -2.11. The normalized spacial score (nSPS) is 17.9. The monoisotopic (exact) mass is 291 g/mol. The van der Waals surface area contributed by atoms with E-state index in [1.54, 1.807) is 26.8 Å². The smallest absolute Gasteiger partial charge is 0.410 e. The van der Waals surface area contributed by atoms with Crippen molar-refractivity contribution >= 4 is 17.8 Å². The van der Waals surface area contributed by atoms with Gasteiger partial charge in [0, 0.05) is 12.2 Å². The summed E-state index contributed by atoms with van der Waals surface area (Å²) in [5.74, 6) is 0.265. The molecule has 2 heterocycles. The predicted octanol–water partition coefficient (Wildman–Crippen LogP) is 2.34. The Kier molecular flexibility index (Phi) is 4.16. The van der Waals surface area contributed by atoms with Gasteiger partial charge in [0.05, 0.1) is 0 Å². The molecule has 21 heavy (non-hydrogen) atoms. The zero-order valence-electron chi connectivity index (χ0n) is 12.8. The molecule has 2 rings (SSSR count). The number of rotatable bonds is 2. The molecule has 1 aliphatic heterocycles. The lowest BCUT2D eigenvalue weighted by molar-refractivity contribution is -0.125. The van der Waals surface area contributed by atoms with Crippen LogP contribution in [-0.4, -0.2) is 40.1 Å². The molecule has 1 fully saturated rings. The van der Waals surface area contributed by atoms with Gasteiger partial charge in [-0.2, -0.15) is 0 Å². The van der Waals surface area contributed by atoms with Crippen molar-refractivity contribution in [3.63, 3.8) is 0 Å². The van der Waals surface area contributed by atoms with Crippen LogP contribution in [-0.2, 0) is 9.53 Å². The van der Waals surface area contributed by atoms with E-state index in [1.807, 2.05) is 19.1 Å². The van der Waals surface area contributed by atoms with Crippen LogP contribution in [0.2, 0.25) is 0 Å². The fourth-order valence-corrected chi connectivity index (χ4v) is 2.02. The lowest BCUT2D eigenvalue weighted by atomic mass is 10.0. The minimum absolute atomic E-state index is 0.231. The lowest BCUT2D eigenvalue weighted by Crippen LogP contribution is -2.57. The fourth-order valence-electron chi connectivity index (χ4n) is 2.02. The third-order valence-corrected chi connectivity index (χ3v) is 3.09. The zero-order chi connectivity index (χ0) is 15.6. The van der Waals surface area contributed by atoms with Crippen LogP contribution in [0.4, 0.5) is 10.6 Å². The van der Waals surface area contributed by atoms with Crippen LogP contribution in [0.1, 0.15) is 32.9 Å². The van der Waals surface area contributed by atoms with Gasteiger partial charge in [-0.1, -0.05) is 6.07 Å². The van der Waals surface area contributed by atoms with Crippen molar-refractivity contribution in [3.8, 4) is 0 Å². The van der Waals surface area contributed by atoms with E-state index in [1.165, 1.54) is 4.90 Å². The average Bonchev–Trinajstić information content (AvgIpc) is 2.23. The van der Waals surface area contributed by atoms with E-state index in [4.69, 9.17) is 4.74 Å². The number of carbonyl (C=O) groups excluding carboxylic acids is 2. The number of hydrogen-bond acceptors (Lipinski definition) is 4. The van der Waals surface area contributed by atoms with Gasteiger partial charge in [-0.25, -0.2) is 9.78 Å². The number of nitrogens with one attached hydrogen (secondary N) is 1. The molecule has 2 amide bonds. The van der Waals surface area contributed by atoms with Crippen LogP contribution in [0, 0.1) is 6.92 Å². The highest BCUT2D eigenvalue weighted by molar-refractivity contribution is 5.96. The van der Waals surface area contributed by atoms with Gasteiger partial charge in [-0.15, -0.1) is 0 Å². The van der Waals surface area contributed by atoms with Crippen molar-refractivity contribution < 1.29 is 14.3 Å². The number of aromatic nitrogens is 1. The van der Waals surface area contributed by atoms with E-state index in [0.29, 0.717) is 18.8 Å². The zero-order valence-corrected chi connectivity index (χ0v) is 12.8. The first-order valence-electron chi connectivity index (χ1n) is 7.00. The molecular formula is C15H21N3O3. The first-order valence-corrected chi connectivity index (χ1v) is 7.00. The van der Waals surface area contributed by atoms with E-state index in [0.717, 1.165) is 5.69 Å². The average molecular weight is 291 g/mol. The van der Waals surface area contributed by atoms with Gasteiger partial charge < -0.3 is 10.1 Å². The van der Waals surface area contributed by atoms with Crippen LogP contribution in [0.5, 0.6) is 0 Å². The number of amides is 2. The second-order valence-corrected chi connectivity index (χ2v) is 6.13. The summed E-state index contributed by atoms with van der Waals surface area (Å²) in [6.07, 6.45) is 0.183. The van der Waals surface area contributed by atoms with Gasteiger partial charge >= 0.3 is 6.09 Å². The largest absolute Gasteiger partial charge is 0.444 e. The van der Waals surface area contributed by atoms with Crippen molar-refractivity contribution in [1.82, 2.24) is 9.88 Å². The Morgan fingerprint density at radius 1 is 1.38 bits per heavy atom. The summed E-state index contributed by atoms with van der Waals surface area (Å²) in [5, 5.41) is 2.73. The molecule has 0 unspecified atom stereocenters. The van der Waals surface area contributed by atoms with Gasteiger partial charge in [-0.3, -0.25) is 9.69 Å². The van der Waals surface area contributed by atoms with Crippen molar-refractivity contribution in [1.29, 1.82) is 0 Å². The Labute approximate surface area is 124 Å². The maximum absolute atomic E-state index is 12.2. The van der Waals surface area contributed by atoms with Crippen LogP contribution in [0.25, 0.3) is 0 Å². The van der Waals surface area contributed by atoms with E-state index < -0.39 is 17.7 Å². The maximum Gasteiger partial charge on any atom is 0.410 e. The first-order chi connectivity index (χ1) is 9.76. The highest BCUT2D eigenvalue weighted by atomic mass is 16.6. The molecule has 0 aromatic carbocycles. The van der Waals surface area contributed by atoms with Crippen LogP contribution < -0.4 is 5.32 Å². The molecule has 0 aliphatic carbocycles. The molecular weight excluding hydrogens is 270 g/mol. The molecule has 0 saturated carbocycles. The molecule has 0 spiro atoms.